The Kier molecular flexibility index (Phi) is 6.49. The van der Waals surface area contributed by atoms with Gasteiger partial charge < -0.3 is 25.5 Å². The topological polar surface area (TPSA) is 152 Å². The van der Waals surface area contributed by atoms with E-state index < -0.39 is 80.3 Å². The van der Waals surface area contributed by atoms with Gasteiger partial charge in [0.05, 0.1) is 17.2 Å². The van der Waals surface area contributed by atoms with Crippen molar-refractivity contribution in [1.82, 2.24) is 0 Å². The van der Waals surface area contributed by atoms with Crippen molar-refractivity contribution in [3.63, 3.8) is 0 Å². The zero-order chi connectivity index (χ0) is 31.3. The number of phenols is 1. The maximum Gasteiger partial charge on any atom is 0.203 e. The standard InChI is InChI=1S/C34H36O8/c1-8-18-9-11-19(12-10-18)21-14-13-20-16(4)32(6)25(28(38)23(20)26(21)36)30(40)34(42)29(39)22(17(5)35)27(37)24(15(2)3)33(34,7)31(32)41/h8-16,24,31,36,38-39,41-42H,1H2,2-7H3/t16-,24?,31-,32+,33+,34+/m1/s1. The van der Waals surface area contributed by atoms with E-state index in [1.165, 1.54) is 6.92 Å². The Hall–Kier alpha value is -4.01. The van der Waals surface area contributed by atoms with Crippen LogP contribution in [0.1, 0.15) is 64.2 Å². The maximum absolute atomic E-state index is 14.5. The summed E-state index contributed by atoms with van der Waals surface area (Å²) in [6.45, 7) is 12.8. The predicted molar refractivity (Wildman–Crippen MR) is 157 cm³/mol. The van der Waals surface area contributed by atoms with Crippen molar-refractivity contribution in [1.29, 1.82) is 0 Å². The molecule has 0 radical (unpaired) electrons. The molecule has 42 heavy (non-hydrogen) atoms. The van der Waals surface area contributed by atoms with E-state index in [4.69, 9.17) is 0 Å². The molecule has 0 amide bonds. The summed E-state index contributed by atoms with van der Waals surface area (Å²) in [6, 6.07) is 10.6. The van der Waals surface area contributed by atoms with Crippen LogP contribution in [0.4, 0.5) is 0 Å². The third-order valence-corrected chi connectivity index (χ3v) is 10.3. The van der Waals surface area contributed by atoms with E-state index in [1.54, 1.807) is 58.0 Å². The number of carbonyl (C=O) groups is 3. The summed E-state index contributed by atoms with van der Waals surface area (Å²) in [5, 5.41) is 59.1. The van der Waals surface area contributed by atoms with Gasteiger partial charge in [-0.15, -0.1) is 0 Å². The van der Waals surface area contributed by atoms with E-state index >= 15 is 0 Å². The molecule has 0 heterocycles. The Labute approximate surface area is 244 Å². The molecule has 8 nitrogen and oxygen atoms in total. The molecule has 0 aliphatic heterocycles. The van der Waals surface area contributed by atoms with Gasteiger partial charge >= 0.3 is 0 Å². The fourth-order valence-electron chi connectivity index (χ4n) is 7.96. The Bertz CT molecular complexity index is 1640. The molecule has 0 saturated heterocycles. The fourth-order valence-corrected chi connectivity index (χ4v) is 7.96. The third-order valence-electron chi connectivity index (χ3n) is 10.3. The van der Waals surface area contributed by atoms with Gasteiger partial charge in [-0.05, 0) is 35.4 Å². The highest BCUT2D eigenvalue weighted by atomic mass is 16.4. The number of carbonyl (C=O) groups excluding carboxylic acids is 3. The van der Waals surface area contributed by atoms with Gasteiger partial charge in [-0.1, -0.05) is 83.7 Å². The van der Waals surface area contributed by atoms with Gasteiger partial charge in [0, 0.05) is 22.3 Å². The largest absolute Gasteiger partial charge is 0.508 e. The Morgan fingerprint density at radius 2 is 1.62 bits per heavy atom. The van der Waals surface area contributed by atoms with Crippen molar-refractivity contribution in [3.8, 4) is 16.9 Å². The van der Waals surface area contributed by atoms with Crippen molar-refractivity contribution in [2.75, 3.05) is 0 Å². The van der Waals surface area contributed by atoms with Crippen LogP contribution < -0.4 is 0 Å². The first kappa shape index (κ1) is 29.5. The van der Waals surface area contributed by atoms with Crippen LogP contribution in [0.25, 0.3) is 23.0 Å². The number of aliphatic hydroxyl groups is 4. The first-order valence-corrected chi connectivity index (χ1v) is 14.0. The van der Waals surface area contributed by atoms with Crippen LogP contribution in [0.3, 0.4) is 0 Å². The molecule has 5 N–H and O–H groups in total. The fraction of sp³-hybridized carbons (Fsp3) is 0.382. The minimum atomic E-state index is -2.91. The van der Waals surface area contributed by atoms with E-state index in [1.807, 2.05) is 12.1 Å². The molecule has 0 spiro atoms. The van der Waals surface area contributed by atoms with Crippen LogP contribution in [0, 0.1) is 22.7 Å². The molecule has 6 atom stereocenters. The molecule has 3 aliphatic carbocycles. The zero-order valence-electron chi connectivity index (χ0n) is 24.5. The van der Waals surface area contributed by atoms with E-state index in [2.05, 4.69) is 6.58 Å². The first-order valence-electron chi connectivity index (χ1n) is 14.0. The zero-order valence-corrected chi connectivity index (χ0v) is 24.5. The predicted octanol–water partition coefficient (Wildman–Crippen LogP) is 5.03. The van der Waals surface area contributed by atoms with Gasteiger partial charge in [-0.25, -0.2) is 0 Å². The summed E-state index contributed by atoms with van der Waals surface area (Å²) in [7, 11) is 0. The van der Waals surface area contributed by atoms with Crippen molar-refractivity contribution in [3.05, 3.63) is 76.6 Å². The summed E-state index contributed by atoms with van der Waals surface area (Å²) < 4.78 is 0. The van der Waals surface area contributed by atoms with Crippen LogP contribution in [0.5, 0.6) is 5.75 Å². The average Bonchev–Trinajstić information content (AvgIpc) is 2.93. The van der Waals surface area contributed by atoms with Crippen LogP contribution in [-0.4, -0.2) is 54.6 Å². The number of hydrogen-bond donors (Lipinski definition) is 5. The molecule has 0 aromatic heterocycles. The van der Waals surface area contributed by atoms with Crippen molar-refractivity contribution < 1.29 is 39.9 Å². The molecule has 220 valence electrons. The van der Waals surface area contributed by atoms with Crippen LogP contribution in [0.2, 0.25) is 0 Å². The molecule has 1 unspecified atom stereocenters. The second-order valence-corrected chi connectivity index (χ2v) is 12.6. The Balaban J connectivity index is 1.84. The van der Waals surface area contributed by atoms with E-state index in [9.17, 15) is 39.9 Å². The number of fused-ring (bicyclic) bond motifs is 3. The Morgan fingerprint density at radius 3 is 2.14 bits per heavy atom. The normalized spacial score (nSPS) is 32.5. The van der Waals surface area contributed by atoms with Crippen LogP contribution in [-0.2, 0) is 14.4 Å². The SMILES string of the molecule is C=Cc1ccc(-c2ccc3c(c2O)C(O)=C2C(=O)[C@@]4(O)C(O)=C(C(C)=O)C(=O)C(C(C)C)[C@@]4(C)[C@H](O)[C@@]2(C)[C@@H]3C)cc1. The molecule has 1 saturated carbocycles. The van der Waals surface area contributed by atoms with E-state index in [0.717, 1.165) is 12.5 Å². The highest BCUT2D eigenvalue weighted by Gasteiger charge is 2.77. The molecule has 2 aromatic rings. The third kappa shape index (κ3) is 3.28. The number of aliphatic hydroxyl groups excluding tert-OH is 3. The Morgan fingerprint density at radius 1 is 1.02 bits per heavy atom. The van der Waals surface area contributed by atoms with Crippen molar-refractivity contribution in [2.24, 2.45) is 22.7 Å². The van der Waals surface area contributed by atoms with Gasteiger partial charge in [0.1, 0.15) is 22.8 Å². The highest BCUT2D eigenvalue weighted by Crippen LogP contribution is 2.67. The summed E-state index contributed by atoms with van der Waals surface area (Å²) >= 11 is 0. The lowest BCUT2D eigenvalue weighted by atomic mass is 9.40. The lowest BCUT2D eigenvalue weighted by Gasteiger charge is -2.63. The quantitative estimate of drug-likeness (QED) is 0.320. The first-order chi connectivity index (χ1) is 19.5. The molecular weight excluding hydrogens is 536 g/mol. The monoisotopic (exact) mass is 572 g/mol. The smallest absolute Gasteiger partial charge is 0.203 e. The number of rotatable bonds is 4. The van der Waals surface area contributed by atoms with Gasteiger partial charge in [-0.2, -0.15) is 0 Å². The van der Waals surface area contributed by atoms with E-state index in [-0.39, 0.29) is 11.3 Å². The second kappa shape index (κ2) is 9.24. The minimum absolute atomic E-state index is 0.0319. The second-order valence-electron chi connectivity index (χ2n) is 12.6. The summed E-state index contributed by atoms with van der Waals surface area (Å²) in [4.78, 5) is 40.8. The van der Waals surface area contributed by atoms with Crippen LogP contribution in [0.15, 0.2) is 59.9 Å². The summed E-state index contributed by atoms with van der Waals surface area (Å²) in [6.07, 6.45) is 0.0194. The number of benzene rings is 2. The number of phenolic OH excluding ortho intramolecular Hbond substituents is 1. The number of ketones is 3. The molecule has 1 fully saturated rings. The van der Waals surface area contributed by atoms with E-state index in [0.29, 0.717) is 16.7 Å². The number of allylic oxidation sites excluding steroid dienone is 1. The number of aromatic hydroxyl groups is 1. The molecule has 8 heteroatoms. The molecule has 2 aromatic carbocycles. The van der Waals surface area contributed by atoms with Crippen LogP contribution >= 0.6 is 0 Å². The summed E-state index contributed by atoms with van der Waals surface area (Å²) in [5.41, 5.74) is -5.23. The molecule has 3 aliphatic rings. The minimum Gasteiger partial charge on any atom is -0.508 e. The molecule has 0 bridgehead atoms. The number of Topliss-reactive ketones (excluding diaryl/α,β-unsaturated/α-hetero) is 3. The van der Waals surface area contributed by atoms with Gasteiger partial charge in [0.15, 0.2) is 17.2 Å². The van der Waals surface area contributed by atoms with Gasteiger partial charge in [0.2, 0.25) is 5.78 Å². The summed E-state index contributed by atoms with van der Waals surface area (Å²) in [5.74, 6) is -7.29. The maximum atomic E-state index is 14.5. The van der Waals surface area contributed by atoms with Crippen molar-refractivity contribution >= 4 is 29.2 Å². The van der Waals surface area contributed by atoms with Gasteiger partial charge in [-0.3, -0.25) is 14.4 Å². The molecule has 5 rings (SSSR count). The van der Waals surface area contributed by atoms with Gasteiger partial charge in [0.25, 0.3) is 0 Å². The number of hydrogen-bond acceptors (Lipinski definition) is 8. The lowest BCUT2D eigenvalue weighted by molar-refractivity contribution is -0.215. The average molecular weight is 573 g/mol. The molecular formula is C34H36O8. The highest BCUT2D eigenvalue weighted by molar-refractivity contribution is 6.24. The lowest BCUT2D eigenvalue weighted by Crippen LogP contribution is -2.75. The van der Waals surface area contributed by atoms with Crippen molar-refractivity contribution in [2.45, 2.75) is 59.2 Å².